The van der Waals surface area contributed by atoms with Crippen molar-refractivity contribution < 1.29 is 24.3 Å². The van der Waals surface area contributed by atoms with Gasteiger partial charge >= 0.3 is 5.97 Å². The van der Waals surface area contributed by atoms with E-state index in [9.17, 15) is 24.8 Å². The van der Waals surface area contributed by atoms with E-state index in [0.717, 1.165) is 23.5 Å². The van der Waals surface area contributed by atoms with E-state index in [1.165, 1.54) is 24.9 Å². The molecule has 0 amide bonds. The highest BCUT2D eigenvalue weighted by atomic mass is 79.9. The number of aromatic hydroxyl groups is 1. The lowest BCUT2D eigenvalue weighted by atomic mass is 9.95. The van der Waals surface area contributed by atoms with Gasteiger partial charge in [0.05, 0.1) is 39.4 Å². The molecule has 1 aromatic heterocycles. The number of nitro benzene ring substituents is 1. The lowest BCUT2D eigenvalue weighted by Gasteiger charge is -2.25. The highest BCUT2D eigenvalue weighted by Gasteiger charge is 2.35. The van der Waals surface area contributed by atoms with Crippen molar-refractivity contribution in [3.63, 3.8) is 0 Å². The van der Waals surface area contributed by atoms with Crippen LogP contribution in [0, 0.1) is 10.1 Å². The number of phenols is 1. The summed E-state index contributed by atoms with van der Waals surface area (Å²) in [4.78, 5) is 41.9. The second-order valence-corrected chi connectivity index (χ2v) is 9.88. The molecule has 13 heteroatoms. The minimum absolute atomic E-state index is 0.0575. The molecule has 1 N–H and O–H groups in total. The molecule has 0 bridgehead atoms. The maximum Gasteiger partial charge on any atom is 0.338 e. The molecule has 2 aromatic carbocycles. The number of methoxy groups -OCH3 is 2. The number of phenolic OH excluding ortho intramolecular Hbond substituents is 1. The van der Waals surface area contributed by atoms with Crippen LogP contribution in [-0.4, -0.2) is 34.8 Å². The molecule has 1 aliphatic rings. The van der Waals surface area contributed by atoms with Crippen molar-refractivity contribution in [3.05, 3.63) is 92.0 Å². The Morgan fingerprint density at radius 2 is 2.06 bits per heavy atom. The number of thiazole rings is 1. The first-order valence-corrected chi connectivity index (χ1v) is 12.2. The fourth-order valence-corrected chi connectivity index (χ4v) is 5.55. The Morgan fingerprint density at radius 3 is 2.69 bits per heavy atom. The number of fused-ring (bicyclic) bond motifs is 1. The monoisotopic (exact) mass is 593 g/mol. The first-order chi connectivity index (χ1) is 17.1. The molecular formula is C23H17BrClN3O7S. The van der Waals surface area contributed by atoms with Gasteiger partial charge in [-0.05, 0) is 47.1 Å². The molecule has 186 valence electrons. The van der Waals surface area contributed by atoms with E-state index in [-0.39, 0.29) is 36.4 Å². The van der Waals surface area contributed by atoms with Crippen molar-refractivity contribution in [2.24, 2.45) is 4.99 Å². The van der Waals surface area contributed by atoms with Gasteiger partial charge < -0.3 is 14.6 Å². The van der Waals surface area contributed by atoms with Gasteiger partial charge in [0.1, 0.15) is 17.5 Å². The van der Waals surface area contributed by atoms with Crippen molar-refractivity contribution in [1.29, 1.82) is 0 Å². The fourth-order valence-electron chi connectivity index (χ4n) is 3.87. The molecule has 1 atom stereocenters. The Morgan fingerprint density at radius 1 is 1.33 bits per heavy atom. The smallest absolute Gasteiger partial charge is 0.338 e. The Bertz CT molecular complexity index is 1640. The Balaban J connectivity index is 2.05. The summed E-state index contributed by atoms with van der Waals surface area (Å²) in [6.07, 6.45) is 1.33. The van der Waals surface area contributed by atoms with Gasteiger partial charge in [-0.25, -0.2) is 9.79 Å². The predicted octanol–water partition coefficient (Wildman–Crippen LogP) is 3.45. The van der Waals surface area contributed by atoms with Crippen LogP contribution in [0.4, 0.5) is 5.69 Å². The molecule has 0 fully saturated rings. The van der Waals surface area contributed by atoms with E-state index in [1.54, 1.807) is 25.1 Å². The molecule has 0 radical (unpaired) electrons. The second-order valence-electron chi connectivity index (χ2n) is 7.58. The molecule has 2 heterocycles. The van der Waals surface area contributed by atoms with E-state index in [2.05, 4.69) is 20.9 Å². The van der Waals surface area contributed by atoms with Crippen LogP contribution in [0.2, 0.25) is 5.02 Å². The summed E-state index contributed by atoms with van der Waals surface area (Å²) in [7, 11) is 2.68. The summed E-state index contributed by atoms with van der Waals surface area (Å²) >= 11 is 10.4. The van der Waals surface area contributed by atoms with Crippen LogP contribution in [0.15, 0.2) is 55.9 Å². The average molecular weight is 595 g/mol. The standard InChI is InChI=1S/C23H17BrClN3O7S/c1-10-18(22(31)35-3)19(14-8-12(25)4-5-16(14)34-2)27-21(30)17(36-23(27)26-10)7-11-6-13(28(32)33)9-15(24)20(11)29/h4-9,19,29H,1-3H3/b17-7-/t19-/m0/s1. The first kappa shape index (κ1) is 25.6. The van der Waals surface area contributed by atoms with Gasteiger partial charge in [-0.15, -0.1) is 0 Å². The lowest BCUT2D eigenvalue weighted by molar-refractivity contribution is -0.385. The lowest BCUT2D eigenvalue weighted by Crippen LogP contribution is -2.40. The van der Waals surface area contributed by atoms with Crippen molar-refractivity contribution in [2.75, 3.05) is 14.2 Å². The van der Waals surface area contributed by atoms with Crippen LogP contribution in [0.25, 0.3) is 6.08 Å². The third kappa shape index (κ3) is 4.43. The van der Waals surface area contributed by atoms with Gasteiger partial charge in [-0.1, -0.05) is 22.9 Å². The molecule has 0 spiro atoms. The number of carbonyl (C=O) groups is 1. The molecule has 0 unspecified atom stereocenters. The topological polar surface area (TPSA) is 133 Å². The second kappa shape index (κ2) is 9.88. The number of non-ortho nitro benzene ring substituents is 1. The molecule has 1 aliphatic heterocycles. The van der Waals surface area contributed by atoms with Crippen molar-refractivity contribution >= 4 is 56.6 Å². The molecule has 4 rings (SSSR count). The van der Waals surface area contributed by atoms with E-state index >= 15 is 0 Å². The number of benzene rings is 2. The minimum Gasteiger partial charge on any atom is -0.506 e. The summed E-state index contributed by atoms with van der Waals surface area (Å²) in [6, 6.07) is 6.16. The third-order valence-electron chi connectivity index (χ3n) is 5.49. The summed E-state index contributed by atoms with van der Waals surface area (Å²) in [5.41, 5.74) is 0.141. The Hall–Kier alpha value is -3.48. The largest absolute Gasteiger partial charge is 0.506 e. The number of ether oxygens (including phenoxy) is 2. The molecule has 0 saturated carbocycles. The highest BCUT2D eigenvalue weighted by molar-refractivity contribution is 9.10. The zero-order chi connectivity index (χ0) is 26.3. The molecule has 3 aromatic rings. The Labute approximate surface area is 220 Å². The summed E-state index contributed by atoms with van der Waals surface area (Å²) in [6.45, 7) is 1.62. The summed E-state index contributed by atoms with van der Waals surface area (Å²) < 4.78 is 12.0. The van der Waals surface area contributed by atoms with Gasteiger partial charge in [0.25, 0.3) is 11.2 Å². The van der Waals surface area contributed by atoms with E-state index < -0.39 is 22.5 Å². The number of nitro groups is 1. The average Bonchev–Trinajstić information content (AvgIpc) is 3.14. The third-order valence-corrected chi connectivity index (χ3v) is 7.31. The van der Waals surface area contributed by atoms with E-state index in [1.807, 2.05) is 0 Å². The van der Waals surface area contributed by atoms with Gasteiger partial charge in [0.2, 0.25) is 0 Å². The van der Waals surface area contributed by atoms with Crippen molar-refractivity contribution in [3.8, 4) is 11.5 Å². The molecule has 0 saturated heterocycles. The van der Waals surface area contributed by atoms with Crippen LogP contribution in [0.5, 0.6) is 11.5 Å². The first-order valence-electron chi connectivity index (χ1n) is 10.2. The van der Waals surface area contributed by atoms with E-state index in [0.29, 0.717) is 22.0 Å². The fraction of sp³-hybridized carbons (Fsp3) is 0.174. The van der Waals surface area contributed by atoms with Crippen molar-refractivity contribution in [1.82, 2.24) is 4.57 Å². The number of allylic oxidation sites excluding steroid dienone is 1. The van der Waals surface area contributed by atoms with Crippen molar-refractivity contribution in [2.45, 2.75) is 13.0 Å². The highest BCUT2D eigenvalue weighted by Crippen LogP contribution is 2.37. The molecule has 10 nitrogen and oxygen atoms in total. The van der Waals surface area contributed by atoms with Gasteiger partial charge in [0.15, 0.2) is 4.80 Å². The van der Waals surface area contributed by atoms with Crippen LogP contribution in [0.3, 0.4) is 0 Å². The maximum atomic E-state index is 13.7. The molecular weight excluding hydrogens is 578 g/mol. The Kier molecular flexibility index (Phi) is 7.03. The zero-order valence-corrected chi connectivity index (χ0v) is 22.1. The molecule has 36 heavy (non-hydrogen) atoms. The predicted molar refractivity (Wildman–Crippen MR) is 136 cm³/mol. The number of aromatic nitrogens is 1. The number of hydrogen-bond acceptors (Lipinski definition) is 9. The maximum absolute atomic E-state index is 13.7. The number of nitrogens with zero attached hydrogens (tertiary/aromatic N) is 3. The van der Waals surface area contributed by atoms with Crippen LogP contribution in [0.1, 0.15) is 24.1 Å². The quantitative estimate of drug-likeness (QED) is 0.272. The minimum atomic E-state index is -0.977. The molecule has 0 aliphatic carbocycles. The van der Waals surface area contributed by atoms with Crippen LogP contribution in [-0.2, 0) is 9.53 Å². The van der Waals surface area contributed by atoms with Gasteiger partial charge in [-0.2, -0.15) is 0 Å². The number of hydrogen-bond donors (Lipinski definition) is 1. The SMILES string of the molecule is COC(=O)C1=C(C)N=c2s/c(=C\c3cc([N+](=O)[O-])cc(Br)c3O)c(=O)n2[C@H]1c1cc(Cl)ccc1OC. The van der Waals surface area contributed by atoms with E-state index in [4.69, 9.17) is 21.1 Å². The van der Waals surface area contributed by atoms with Crippen LogP contribution < -0.4 is 19.6 Å². The van der Waals surface area contributed by atoms with Gasteiger partial charge in [-0.3, -0.25) is 19.5 Å². The van der Waals surface area contributed by atoms with Gasteiger partial charge in [0, 0.05) is 28.3 Å². The summed E-state index contributed by atoms with van der Waals surface area (Å²) in [5, 5.41) is 22.1. The number of rotatable bonds is 5. The normalized spacial score (nSPS) is 15.4. The zero-order valence-electron chi connectivity index (χ0n) is 18.9. The summed E-state index contributed by atoms with van der Waals surface area (Å²) in [5.74, 6) is -0.570. The number of halogens is 2. The number of carbonyl (C=O) groups excluding carboxylic acids is 1. The number of esters is 1. The van der Waals surface area contributed by atoms with Crippen LogP contribution >= 0.6 is 38.9 Å².